The number of carbonyl (C=O) groups excluding carboxylic acids is 1. The minimum absolute atomic E-state index is 0.202. The van der Waals surface area contributed by atoms with Crippen LogP contribution in [0.3, 0.4) is 0 Å². The molecule has 6 nitrogen and oxygen atoms in total. The van der Waals surface area contributed by atoms with Crippen molar-refractivity contribution < 1.29 is 18.7 Å². The summed E-state index contributed by atoms with van der Waals surface area (Å²) in [6.45, 7) is 1.89. The Bertz CT molecular complexity index is 934. The predicted molar refractivity (Wildman–Crippen MR) is 96.7 cm³/mol. The van der Waals surface area contributed by atoms with Crippen LogP contribution in [0.15, 0.2) is 47.5 Å². The van der Waals surface area contributed by atoms with E-state index in [2.05, 4.69) is 4.99 Å². The number of carbonyl (C=O) groups is 1. The van der Waals surface area contributed by atoms with Gasteiger partial charge in [-0.1, -0.05) is 0 Å². The summed E-state index contributed by atoms with van der Waals surface area (Å²) >= 11 is 0. The van der Waals surface area contributed by atoms with Gasteiger partial charge in [-0.15, -0.1) is 0 Å². The van der Waals surface area contributed by atoms with E-state index < -0.39 is 11.7 Å². The van der Waals surface area contributed by atoms with Gasteiger partial charge in [-0.3, -0.25) is 4.79 Å². The molecule has 0 saturated carbocycles. The molecule has 26 heavy (non-hydrogen) atoms. The van der Waals surface area contributed by atoms with Crippen LogP contribution >= 0.6 is 0 Å². The van der Waals surface area contributed by atoms with E-state index in [0.717, 1.165) is 5.57 Å². The molecule has 2 aromatic carbocycles. The van der Waals surface area contributed by atoms with E-state index in [-0.39, 0.29) is 12.1 Å². The van der Waals surface area contributed by atoms with Gasteiger partial charge in [0.1, 0.15) is 23.4 Å². The molecular formula is C19H18FN3O3. The number of methoxy groups -OCH3 is 1. The van der Waals surface area contributed by atoms with Gasteiger partial charge in [-0.25, -0.2) is 4.39 Å². The van der Waals surface area contributed by atoms with Crippen molar-refractivity contribution in [3.8, 4) is 11.5 Å². The molecule has 2 aromatic rings. The third-order valence-electron chi connectivity index (χ3n) is 3.92. The Hall–Kier alpha value is -3.35. The first kappa shape index (κ1) is 17.5. The van der Waals surface area contributed by atoms with Crippen LogP contribution in [-0.4, -0.2) is 25.1 Å². The van der Waals surface area contributed by atoms with E-state index in [9.17, 15) is 9.18 Å². The van der Waals surface area contributed by atoms with Crippen molar-refractivity contribution >= 4 is 17.4 Å². The van der Waals surface area contributed by atoms with Crippen LogP contribution in [-0.2, 0) is 0 Å². The average Bonchev–Trinajstić information content (AvgIpc) is 2.60. The van der Waals surface area contributed by atoms with Crippen LogP contribution in [0.25, 0.3) is 5.57 Å². The minimum atomic E-state index is -0.558. The maximum absolute atomic E-state index is 13.6. The zero-order valence-corrected chi connectivity index (χ0v) is 14.3. The monoisotopic (exact) mass is 355 g/mol. The van der Waals surface area contributed by atoms with Crippen LogP contribution in [0.5, 0.6) is 11.5 Å². The smallest absolute Gasteiger partial charge is 0.280 e. The highest BCUT2D eigenvalue weighted by Gasteiger charge is 2.23. The molecule has 0 spiro atoms. The lowest BCUT2D eigenvalue weighted by molar-refractivity contribution is 0.100. The summed E-state index contributed by atoms with van der Waals surface area (Å²) in [5.74, 6) is -0.284. The second-order valence-electron chi connectivity index (χ2n) is 5.80. The van der Waals surface area contributed by atoms with Crippen LogP contribution in [0.2, 0.25) is 0 Å². The molecule has 1 aliphatic heterocycles. The van der Waals surface area contributed by atoms with Crippen LogP contribution < -0.4 is 20.9 Å². The number of hydrogen-bond donors (Lipinski definition) is 2. The topological polar surface area (TPSA) is 99.9 Å². The van der Waals surface area contributed by atoms with Gasteiger partial charge in [0.2, 0.25) is 0 Å². The van der Waals surface area contributed by atoms with Crippen molar-refractivity contribution in [2.24, 2.45) is 16.5 Å². The highest BCUT2D eigenvalue weighted by Crippen LogP contribution is 2.40. The number of guanidine groups is 1. The van der Waals surface area contributed by atoms with E-state index >= 15 is 0 Å². The molecule has 3 rings (SSSR count). The van der Waals surface area contributed by atoms with Gasteiger partial charge in [0, 0.05) is 22.8 Å². The molecule has 0 radical (unpaired) electrons. The van der Waals surface area contributed by atoms with Crippen LogP contribution in [0.1, 0.15) is 28.4 Å². The molecule has 7 heteroatoms. The number of benzene rings is 2. The zero-order chi connectivity index (χ0) is 18.8. The first-order chi connectivity index (χ1) is 12.4. The van der Waals surface area contributed by atoms with Gasteiger partial charge in [0.25, 0.3) is 5.91 Å². The van der Waals surface area contributed by atoms with Gasteiger partial charge in [0.15, 0.2) is 5.96 Å². The Morgan fingerprint density at radius 1 is 1.19 bits per heavy atom. The van der Waals surface area contributed by atoms with Crippen molar-refractivity contribution in [1.29, 1.82) is 0 Å². The molecule has 1 aliphatic rings. The summed E-state index contributed by atoms with van der Waals surface area (Å²) in [6, 6.07) is 9.21. The molecule has 4 N–H and O–H groups in total. The fraction of sp³-hybridized carbons (Fsp3) is 0.158. The predicted octanol–water partition coefficient (Wildman–Crippen LogP) is 2.46. The number of nitrogens with zero attached hydrogens (tertiary/aromatic N) is 1. The van der Waals surface area contributed by atoms with Crippen molar-refractivity contribution in [3.05, 3.63) is 65.0 Å². The van der Waals surface area contributed by atoms with Crippen LogP contribution in [0.4, 0.5) is 4.39 Å². The first-order valence-electron chi connectivity index (χ1n) is 7.90. The lowest BCUT2D eigenvalue weighted by atomic mass is 9.92. The van der Waals surface area contributed by atoms with Crippen LogP contribution in [0, 0.1) is 5.82 Å². The van der Waals surface area contributed by atoms with E-state index in [1.165, 1.54) is 19.2 Å². The molecule has 0 aliphatic carbocycles. The maximum Gasteiger partial charge on any atom is 0.280 e. The Morgan fingerprint density at radius 3 is 2.65 bits per heavy atom. The number of rotatable bonds is 3. The molecule has 134 valence electrons. The van der Waals surface area contributed by atoms with E-state index in [1.807, 2.05) is 13.0 Å². The largest absolute Gasteiger partial charge is 0.496 e. The van der Waals surface area contributed by atoms with Gasteiger partial charge in [0.05, 0.1) is 7.11 Å². The number of ether oxygens (including phenoxy) is 2. The van der Waals surface area contributed by atoms with Crippen molar-refractivity contribution in [1.82, 2.24) is 0 Å². The van der Waals surface area contributed by atoms with Gasteiger partial charge < -0.3 is 20.9 Å². The molecule has 0 aromatic heterocycles. The minimum Gasteiger partial charge on any atom is -0.496 e. The lowest BCUT2D eigenvalue weighted by Gasteiger charge is -2.25. The Balaban J connectivity index is 2.15. The molecular weight excluding hydrogens is 337 g/mol. The van der Waals surface area contributed by atoms with Crippen molar-refractivity contribution in [2.45, 2.75) is 13.0 Å². The summed E-state index contributed by atoms with van der Waals surface area (Å²) in [6.07, 6.45) is 1.68. The first-order valence-corrected chi connectivity index (χ1v) is 7.90. The Kier molecular flexibility index (Phi) is 4.62. The summed E-state index contributed by atoms with van der Waals surface area (Å²) in [4.78, 5) is 15.7. The molecule has 0 saturated heterocycles. The maximum atomic E-state index is 13.6. The second-order valence-corrected chi connectivity index (χ2v) is 5.80. The lowest BCUT2D eigenvalue weighted by Crippen LogP contribution is -2.24. The summed E-state index contributed by atoms with van der Waals surface area (Å²) in [5.41, 5.74) is 13.0. The Morgan fingerprint density at radius 2 is 1.96 bits per heavy atom. The van der Waals surface area contributed by atoms with Gasteiger partial charge in [-0.2, -0.15) is 4.99 Å². The quantitative estimate of drug-likeness (QED) is 0.651. The summed E-state index contributed by atoms with van der Waals surface area (Å²) < 4.78 is 24.7. The molecule has 0 bridgehead atoms. The fourth-order valence-corrected chi connectivity index (χ4v) is 2.84. The number of aliphatic imine (C=N–C) groups is 1. The number of halogens is 1. The molecule has 0 fully saturated rings. The Labute approximate surface area is 149 Å². The molecule has 1 atom stereocenters. The van der Waals surface area contributed by atoms with E-state index in [1.54, 1.807) is 24.3 Å². The third-order valence-corrected chi connectivity index (χ3v) is 3.92. The van der Waals surface area contributed by atoms with Gasteiger partial charge >= 0.3 is 0 Å². The molecule has 1 unspecified atom stereocenters. The van der Waals surface area contributed by atoms with Gasteiger partial charge in [-0.05, 0) is 48.9 Å². The van der Waals surface area contributed by atoms with E-state index in [0.29, 0.717) is 28.2 Å². The van der Waals surface area contributed by atoms with Crippen molar-refractivity contribution in [2.75, 3.05) is 7.11 Å². The zero-order valence-electron chi connectivity index (χ0n) is 14.3. The third kappa shape index (κ3) is 3.37. The number of nitrogens with two attached hydrogens (primary N) is 2. The normalized spacial score (nSPS) is 15.3. The fourth-order valence-electron chi connectivity index (χ4n) is 2.84. The number of amides is 1. The SMILES string of the molecule is COc1cc(F)ccc1C1=CC(C)Oc2ccc(C(=O)N=C(N)N)cc21. The molecule has 1 heterocycles. The summed E-state index contributed by atoms with van der Waals surface area (Å²) in [5, 5.41) is 0. The van der Waals surface area contributed by atoms with E-state index in [4.69, 9.17) is 20.9 Å². The standard InChI is InChI=1S/C19H18FN3O3/c1-10-7-14(13-5-4-12(20)9-17(13)25-2)15-8-11(3-6-16(15)26-10)18(24)23-19(21)22/h3-10H,1-2H3,(H4,21,22,23,24). The highest BCUT2D eigenvalue weighted by atomic mass is 19.1. The number of hydrogen-bond acceptors (Lipinski definition) is 3. The van der Waals surface area contributed by atoms with Crippen molar-refractivity contribution in [3.63, 3.8) is 0 Å². The number of fused-ring (bicyclic) bond motifs is 1. The second kappa shape index (κ2) is 6.87. The summed E-state index contributed by atoms with van der Waals surface area (Å²) in [7, 11) is 1.47. The molecule has 1 amide bonds. The average molecular weight is 355 g/mol. The highest BCUT2D eigenvalue weighted by molar-refractivity contribution is 6.03.